The first-order valence-corrected chi connectivity index (χ1v) is 11.1. The molecule has 1 heterocycles. The molecule has 0 saturated heterocycles. The Hall–Kier alpha value is -3.91. The number of benzene rings is 4. The van der Waals surface area contributed by atoms with Crippen molar-refractivity contribution in [2.75, 3.05) is 0 Å². The van der Waals surface area contributed by atoms with Crippen LogP contribution in [0.25, 0.3) is 39.3 Å². The lowest BCUT2D eigenvalue weighted by Gasteiger charge is -2.21. The molecular weight excluding hydrogens is 388 g/mol. The van der Waals surface area contributed by atoms with Crippen molar-refractivity contribution in [3.63, 3.8) is 0 Å². The Labute approximate surface area is 189 Å². The van der Waals surface area contributed by atoms with Crippen LogP contribution in [-0.4, -0.2) is 9.55 Å². The second kappa shape index (κ2) is 8.68. The third-order valence-corrected chi connectivity index (χ3v) is 5.88. The van der Waals surface area contributed by atoms with Gasteiger partial charge in [-0.15, -0.1) is 0 Å². The smallest absolute Gasteiger partial charge is 0.144 e. The predicted molar refractivity (Wildman–Crippen MR) is 134 cm³/mol. The van der Waals surface area contributed by atoms with Crippen molar-refractivity contribution < 1.29 is 0 Å². The lowest BCUT2D eigenvalue weighted by molar-refractivity contribution is 0.866. The Morgan fingerprint density at radius 3 is 1.56 bits per heavy atom. The van der Waals surface area contributed by atoms with Gasteiger partial charge in [0.2, 0.25) is 0 Å². The molecular formula is C30H26N2. The topological polar surface area (TPSA) is 17.8 Å². The average molecular weight is 415 g/mol. The fourth-order valence-electron chi connectivity index (χ4n) is 4.21. The maximum Gasteiger partial charge on any atom is 0.144 e. The molecule has 5 rings (SSSR count). The van der Waals surface area contributed by atoms with Crippen molar-refractivity contribution in [1.29, 1.82) is 0 Å². The lowest BCUT2D eigenvalue weighted by Crippen LogP contribution is -2.04. The third kappa shape index (κ3) is 3.76. The highest BCUT2D eigenvalue weighted by molar-refractivity contribution is 5.87. The number of hydrogen-bond acceptors (Lipinski definition) is 1. The summed E-state index contributed by atoms with van der Waals surface area (Å²) in [6, 6.07) is 36.4. The molecule has 0 amide bonds. The summed E-state index contributed by atoms with van der Waals surface area (Å²) in [5, 5.41) is 0. The van der Waals surface area contributed by atoms with Gasteiger partial charge in [-0.1, -0.05) is 105 Å². The summed E-state index contributed by atoms with van der Waals surface area (Å²) in [5.41, 5.74) is 8.42. The van der Waals surface area contributed by atoms with E-state index in [-0.39, 0.29) is 0 Å². The fourth-order valence-corrected chi connectivity index (χ4v) is 4.21. The molecule has 32 heavy (non-hydrogen) atoms. The number of hydrogen-bond donors (Lipinski definition) is 0. The first kappa shape index (κ1) is 20.0. The van der Waals surface area contributed by atoms with Crippen LogP contribution in [-0.2, 0) is 0 Å². The molecule has 0 N–H and O–H groups in total. The molecule has 2 nitrogen and oxygen atoms in total. The molecule has 2 heteroatoms. The highest BCUT2D eigenvalue weighted by Crippen LogP contribution is 2.40. The first-order valence-electron chi connectivity index (χ1n) is 11.1. The van der Waals surface area contributed by atoms with Crippen molar-refractivity contribution in [2.24, 2.45) is 0 Å². The van der Waals surface area contributed by atoms with Gasteiger partial charge >= 0.3 is 0 Å². The molecule has 0 spiro atoms. The maximum absolute atomic E-state index is 4.75. The lowest BCUT2D eigenvalue weighted by atomic mass is 9.89. The summed E-state index contributed by atoms with van der Waals surface area (Å²) in [6.45, 7) is 4.51. The van der Waals surface area contributed by atoms with E-state index in [1.807, 2.05) is 12.3 Å². The Balaban J connectivity index is 1.87. The molecule has 156 valence electrons. The summed E-state index contributed by atoms with van der Waals surface area (Å²) in [5.74, 6) is 1.36. The monoisotopic (exact) mass is 414 g/mol. The van der Waals surface area contributed by atoms with Crippen LogP contribution in [0.2, 0.25) is 0 Å². The minimum absolute atomic E-state index is 0.422. The number of nitrogens with zero attached hydrogens (tertiary/aromatic N) is 2. The second-order valence-corrected chi connectivity index (χ2v) is 8.34. The van der Waals surface area contributed by atoms with Gasteiger partial charge in [-0.3, -0.25) is 4.57 Å². The summed E-state index contributed by atoms with van der Waals surface area (Å²) in [7, 11) is 0. The average Bonchev–Trinajstić information content (AvgIpc) is 3.34. The van der Waals surface area contributed by atoms with Crippen molar-refractivity contribution in [3.8, 4) is 39.3 Å². The zero-order valence-corrected chi connectivity index (χ0v) is 18.4. The summed E-state index contributed by atoms with van der Waals surface area (Å²) in [6.07, 6.45) is 3.97. The van der Waals surface area contributed by atoms with E-state index in [0.717, 1.165) is 17.1 Å². The second-order valence-electron chi connectivity index (χ2n) is 8.34. The summed E-state index contributed by atoms with van der Waals surface area (Å²) in [4.78, 5) is 4.75. The van der Waals surface area contributed by atoms with Crippen LogP contribution < -0.4 is 0 Å². The number of rotatable bonds is 5. The van der Waals surface area contributed by atoms with Crippen LogP contribution in [0.5, 0.6) is 0 Å². The third-order valence-electron chi connectivity index (χ3n) is 5.88. The van der Waals surface area contributed by atoms with Crippen LogP contribution in [0.15, 0.2) is 116 Å². The van der Waals surface area contributed by atoms with E-state index < -0.39 is 0 Å². The zero-order valence-electron chi connectivity index (χ0n) is 18.4. The molecule has 0 bridgehead atoms. The van der Waals surface area contributed by atoms with E-state index >= 15 is 0 Å². The zero-order chi connectivity index (χ0) is 21.9. The van der Waals surface area contributed by atoms with Gasteiger partial charge in [-0.2, -0.15) is 0 Å². The Morgan fingerprint density at radius 1 is 0.625 bits per heavy atom. The number of aromatic nitrogens is 2. The van der Waals surface area contributed by atoms with Crippen molar-refractivity contribution in [2.45, 2.75) is 19.8 Å². The quantitative estimate of drug-likeness (QED) is 0.285. The van der Waals surface area contributed by atoms with Crippen molar-refractivity contribution >= 4 is 0 Å². The highest BCUT2D eigenvalue weighted by atomic mass is 15.1. The van der Waals surface area contributed by atoms with Gasteiger partial charge in [0, 0.05) is 29.1 Å². The van der Waals surface area contributed by atoms with E-state index in [9.17, 15) is 0 Å². The number of imidazole rings is 1. The van der Waals surface area contributed by atoms with Gasteiger partial charge < -0.3 is 0 Å². The van der Waals surface area contributed by atoms with Crippen LogP contribution in [0, 0.1) is 0 Å². The van der Waals surface area contributed by atoms with Gasteiger partial charge in [0.15, 0.2) is 0 Å². The molecule has 0 unspecified atom stereocenters. The molecule has 0 saturated carbocycles. The molecule has 1 aromatic heterocycles. The molecule has 0 aliphatic rings. The van der Waals surface area contributed by atoms with Crippen LogP contribution in [0.1, 0.15) is 25.3 Å². The van der Waals surface area contributed by atoms with Gasteiger partial charge in [0.25, 0.3) is 0 Å². The summed E-state index contributed by atoms with van der Waals surface area (Å²) < 4.78 is 2.24. The van der Waals surface area contributed by atoms with E-state index in [2.05, 4.69) is 122 Å². The SMILES string of the molecule is CC(C)c1cc(-c2ccccc2)c(-n2ccnc2-c2ccccc2)c(-c2ccccc2)c1. The van der Waals surface area contributed by atoms with Crippen LogP contribution >= 0.6 is 0 Å². The Morgan fingerprint density at radius 2 is 1.09 bits per heavy atom. The molecule has 0 aliphatic carbocycles. The molecule has 5 aromatic rings. The standard InChI is InChI=1S/C30H26N2/c1-22(2)26-20-27(23-12-6-3-7-13-23)29(28(21-26)24-14-8-4-9-15-24)32-19-18-31-30(32)25-16-10-5-11-17-25/h3-22H,1-2H3. The summed E-state index contributed by atoms with van der Waals surface area (Å²) >= 11 is 0. The van der Waals surface area contributed by atoms with Crippen LogP contribution in [0.4, 0.5) is 0 Å². The highest BCUT2D eigenvalue weighted by Gasteiger charge is 2.19. The minimum atomic E-state index is 0.422. The minimum Gasteiger partial charge on any atom is -0.299 e. The van der Waals surface area contributed by atoms with Gasteiger partial charge in [0.05, 0.1) is 5.69 Å². The van der Waals surface area contributed by atoms with Gasteiger partial charge in [-0.25, -0.2) is 4.98 Å². The Bertz CT molecular complexity index is 1260. The first-order chi connectivity index (χ1) is 15.7. The molecule has 4 aromatic carbocycles. The molecule has 0 aliphatic heterocycles. The molecule has 0 radical (unpaired) electrons. The van der Waals surface area contributed by atoms with Crippen molar-refractivity contribution in [3.05, 3.63) is 121 Å². The molecule has 0 atom stereocenters. The van der Waals surface area contributed by atoms with E-state index in [0.29, 0.717) is 5.92 Å². The van der Waals surface area contributed by atoms with Gasteiger partial charge in [-0.05, 0) is 34.7 Å². The Kier molecular flexibility index (Phi) is 5.43. The van der Waals surface area contributed by atoms with Crippen molar-refractivity contribution in [1.82, 2.24) is 9.55 Å². The normalized spacial score (nSPS) is 11.1. The fraction of sp³-hybridized carbons (Fsp3) is 0.100. The van der Waals surface area contributed by atoms with E-state index in [4.69, 9.17) is 4.98 Å². The largest absolute Gasteiger partial charge is 0.299 e. The van der Waals surface area contributed by atoms with Gasteiger partial charge in [0.1, 0.15) is 5.82 Å². The predicted octanol–water partition coefficient (Wildman–Crippen LogP) is 8.00. The van der Waals surface area contributed by atoms with Crippen LogP contribution in [0.3, 0.4) is 0 Å². The maximum atomic E-state index is 4.75. The van der Waals surface area contributed by atoms with E-state index in [1.54, 1.807) is 0 Å². The molecule has 0 fully saturated rings. The van der Waals surface area contributed by atoms with E-state index in [1.165, 1.54) is 27.8 Å².